The minimum absolute atomic E-state index is 0.169. The van der Waals surface area contributed by atoms with Gasteiger partial charge in [0.2, 0.25) is 0 Å². The fourth-order valence-corrected chi connectivity index (χ4v) is 1.14. The Morgan fingerprint density at radius 2 is 2.25 bits per heavy atom. The van der Waals surface area contributed by atoms with E-state index < -0.39 is 24.5 Å². The van der Waals surface area contributed by atoms with E-state index in [1.54, 1.807) is 0 Å². The lowest BCUT2D eigenvalue weighted by Gasteiger charge is -2.34. The van der Waals surface area contributed by atoms with Crippen molar-refractivity contribution >= 4 is 0 Å². The van der Waals surface area contributed by atoms with Gasteiger partial charge in [0.1, 0.15) is 6.61 Å². The molecule has 0 aromatic rings. The molecule has 1 rings (SSSR count). The molecule has 0 aromatic heterocycles. The van der Waals surface area contributed by atoms with Crippen LogP contribution in [-0.4, -0.2) is 41.4 Å². The standard InChI is InChI=1S/C6H12FNO4/c7-11-2-3-1-4(9)5(8)6(10)12-3/h3-6,9-10H,1-2,8H2. The van der Waals surface area contributed by atoms with Crippen molar-refractivity contribution in [2.75, 3.05) is 6.61 Å². The summed E-state index contributed by atoms with van der Waals surface area (Å²) in [4.78, 5) is 3.33. The number of hydrogen-bond acceptors (Lipinski definition) is 5. The van der Waals surface area contributed by atoms with Gasteiger partial charge in [0.15, 0.2) is 6.29 Å². The molecule has 0 saturated carbocycles. The summed E-state index contributed by atoms with van der Waals surface area (Å²) < 4.78 is 16.2. The van der Waals surface area contributed by atoms with Crippen LogP contribution in [0.4, 0.5) is 4.53 Å². The largest absolute Gasteiger partial charge is 0.391 e. The van der Waals surface area contributed by atoms with Crippen molar-refractivity contribution < 1.29 is 24.4 Å². The zero-order valence-corrected chi connectivity index (χ0v) is 6.39. The first-order chi connectivity index (χ1) is 5.65. The highest BCUT2D eigenvalue weighted by molar-refractivity contribution is 4.83. The molecule has 0 spiro atoms. The van der Waals surface area contributed by atoms with Crippen LogP contribution in [0, 0.1) is 0 Å². The maximum absolute atomic E-state index is 11.4. The molecule has 1 saturated heterocycles. The number of aliphatic hydroxyl groups excluding tert-OH is 2. The van der Waals surface area contributed by atoms with Gasteiger partial charge in [-0.05, 0) is 4.53 Å². The molecule has 0 bridgehead atoms. The van der Waals surface area contributed by atoms with E-state index in [1.807, 2.05) is 0 Å². The third-order valence-corrected chi connectivity index (χ3v) is 1.86. The number of aliphatic hydroxyl groups is 2. The summed E-state index contributed by atoms with van der Waals surface area (Å²) in [6.07, 6.45) is -2.61. The lowest BCUT2D eigenvalue weighted by Crippen LogP contribution is -2.53. The average Bonchev–Trinajstić information content (AvgIpc) is 2.01. The van der Waals surface area contributed by atoms with Crippen LogP contribution in [-0.2, 0) is 9.68 Å². The van der Waals surface area contributed by atoms with E-state index in [4.69, 9.17) is 15.6 Å². The van der Waals surface area contributed by atoms with E-state index in [0.29, 0.717) is 0 Å². The second kappa shape index (κ2) is 4.11. The van der Waals surface area contributed by atoms with Crippen molar-refractivity contribution in [2.45, 2.75) is 31.0 Å². The molecule has 1 aliphatic heterocycles. The minimum Gasteiger partial charge on any atom is -0.391 e. The van der Waals surface area contributed by atoms with Gasteiger partial charge >= 0.3 is 0 Å². The van der Waals surface area contributed by atoms with Gasteiger partial charge in [0, 0.05) is 6.42 Å². The van der Waals surface area contributed by atoms with E-state index >= 15 is 0 Å². The van der Waals surface area contributed by atoms with E-state index in [2.05, 4.69) is 4.94 Å². The molecule has 4 unspecified atom stereocenters. The Hall–Kier alpha value is -0.270. The van der Waals surface area contributed by atoms with Crippen molar-refractivity contribution in [3.63, 3.8) is 0 Å². The molecule has 0 radical (unpaired) electrons. The highest BCUT2D eigenvalue weighted by Gasteiger charge is 2.34. The summed E-state index contributed by atoms with van der Waals surface area (Å²) in [5.74, 6) is 0. The predicted molar refractivity (Wildman–Crippen MR) is 36.5 cm³/mol. The Bertz CT molecular complexity index is 136. The van der Waals surface area contributed by atoms with Gasteiger partial charge in [0.25, 0.3) is 0 Å². The zero-order chi connectivity index (χ0) is 9.14. The first-order valence-corrected chi connectivity index (χ1v) is 3.66. The maximum Gasteiger partial charge on any atom is 0.172 e. The third kappa shape index (κ3) is 2.11. The van der Waals surface area contributed by atoms with Gasteiger partial charge < -0.3 is 20.7 Å². The lowest BCUT2D eigenvalue weighted by atomic mass is 10.0. The molecular formula is C6H12FNO4. The van der Waals surface area contributed by atoms with Crippen LogP contribution >= 0.6 is 0 Å². The molecule has 0 aromatic carbocycles. The fourth-order valence-electron chi connectivity index (χ4n) is 1.14. The van der Waals surface area contributed by atoms with E-state index in [1.165, 1.54) is 0 Å². The lowest BCUT2D eigenvalue weighted by molar-refractivity contribution is -0.240. The first-order valence-electron chi connectivity index (χ1n) is 3.66. The molecule has 4 atom stereocenters. The maximum atomic E-state index is 11.4. The summed E-state index contributed by atoms with van der Waals surface area (Å²) in [5.41, 5.74) is 5.32. The van der Waals surface area contributed by atoms with Gasteiger partial charge in [-0.25, -0.2) is 0 Å². The zero-order valence-electron chi connectivity index (χ0n) is 6.39. The Labute approximate surface area is 68.8 Å². The van der Waals surface area contributed by atoms with Gasteiger partial charge in [0.05, 0.1) is 18.2 Å². The van der Waals surface area contributed by atoms with Crippen molar-refractivity contribution in [1.82, 2.24) is 0 Å². The molecule has 6 heteroatoms. The highest BCUT2D eigenvalue weighted by Crippen LogP contribution is 2.17. The second-order valence-electron chi connectivity index (χ2n) is 2.80. The first kappa shape index (κ1) is 9.82. The summed E-state index contributed by atoms with van der Waals surface area (Å²) in [6.45, 7) is -0.305. The quantitative estimate of drug-likeness (QED) is 0.492. The summed E-state index contributed by atoms with van der Waals surface area (Å²) in [6, 6.07) is -0.833. The molecule has 1 aliphatic rings. The molecule has 72 valence electrons. The number of halogens is 1. The second-order valence-corrected chi connectivity index (χ2v) is 2.80. The Kier molecular flexibility index (Phi) is 3.36. The molecule has 4 N–H and O–H groups in total. The monoisotopic (exact) mass is 181 g/mol. The van der Waals surface area contributed by atoms with Crippen LogP contribution in [0.15, 0.2) is 0 Å². The number of nitrogens with two attached hydrogens (primary N) is 1. The highest BCUT2D eigenvalue weighted by atomic mass is 19.3. The van der Waals surface area contributed by atoms with E-state index in [0.717, 1.165) is 0 Å². The van der Waals surface area contributed by atoms with Crippen LogP contribution in [0.5, 0.6) is 0 Å². The average molecular weight is 181 g/mol. The van der Waals surface area contributed by atoms with Gasteiger partial charge in [-0.15, -0.1) is 0 Å². The molecule has 1 heterocycles. The van der Waals surface area contributed by atoms with Gasteiger partial charge in [-0.3, -0.25) is 0 Å². The van der Waals surface area contributed by atoms with Crippen LogP contribution in [0.25, 0.3) is 0 Å². The number of ether oxygens (including phenoxy) is 1. The van der Waals surface area contributed by atoms with E-state index in [-0.39, 0.29) is 13.0 Å². The van der Waals surface area contributed by atoms with E-state index in [9.17, 15) is 9.63 Å². The topological polar surface area (TPSA) is 84.9 Å². The van der Waals surface area contributed by atoms with Crippen molar-refractivity contribution in [2.24, 2.45) is 5.73 Å². The predicted octanol–water partition coefficient (Wildman–Crippen LogP) is -1.32. The molecule has 5 nitrogen and oxygen atoms in total. The van der Waals surface area contributed by atoms with Crippen LogP contribution in [0.3, 0.4) is 0 Å². The Morgan fingerprint density at radius 1 is 1.58 bits per heavy atom. The molecular weight excluding hydrogens is 169 g/mol. The van der Waals surface area contributed by atoms with Crippen molar-refractivity contribution in [1.29, 1.82) is 0 Å². The summed E-state index contributed by atoms with van der Waals surface area (Å²) in [7, 11) is 0. The van der Waals surface area contributed by atoms with Crippen LogP contribution in [0.2, 0.25) is 0 Å². The minimum atomic E-state index is -1.26. The normalized spacial score (nSPS) is 43.0. The summed E-state index contributed by atoms with van der Waals surface area (Å²) >= 11 is 0. The summed E-state index contributed by atoms with van der Waals surface area (Å²) in [5, 5.41) is 18.3. The molecule has 0 aliphatic carbocycles. The van der Waals surface area contributed by atoms with Crippen molar-refractivity contribution in [3.05, 3.63) is 0 Å². The smallest absolute Gasteiger partial charge is 0.172 e. The van der Waals surface area contributed by atoms with Gasteiger partial charge in [-0.1, -0.05) is 0 Å². The van der Waals surface area contributed by atoms with Crippen LogP contribution < -0.4 is 5.73 Å². The molecule has 12 heavy (non-hydrogen) atoms. The SMILES string of the molecule is NC1C(O)CC(COF)OC1O. The number of hydrogen-bond donors (Lipinski definition) is 3. The van der Waals surface area contributed by atoms with Gasteiger partial charge in [-0.2, -0.15) is 4.94 Å². The molecule has 1 fully saturated rings. The number of rotatable bonds is 2. The molecule has 0 amide bonds. The fraction of sp³-hybridized carbons (Fsp3) is 1.00. The van der Waals surface area contributed by atoms with Crippen LogP contribution in [0.1, 0.15) is 6.42 Å². The Balaban J connectivity index is 2.42. The van der Waals surface area contributed by atoms with Crippen molar-refractivity contribution in [3.8, 4) is 0 Å². The third-order valence-electron chi connectivity index (χ3n) is 1.86. The Morgan fingerprint density at radius 3 is 2.75 bits per heavy atom.